The highest BCUT2D eigenvalue weighted by Crippen LogP contribution is 2.28. The smallest absolute Gasteiger partial charge is 0.0600 e. The predicted octanol–water partition coefficient (Wildman–Crippen LogP) is 4.04. The Balaban J connectivity index is 2.22. The number of aromatic nitrogens is 1. The van der Waals surface area contributed by atoms with Gasteiger partial charge < -0.3 is 10.2 Å². The Hall–Kier alpha value is -1.58. The van der Waals surface area contributed by atoms with Crippen molar-refractivity contribution in [2.45, 2.75) is 26.4 Å². The molecule has 1 N–H and O–H groups in total. The lowest BCUT2D eigenvalue weighted by Crippen LogP contribution is -2.24. The number of anilines is 1. The third-order valence-electron chi connectivity index (χ3n) is 3.77. The Morgan fingerprint density at radius 1 is 1.24 bits per heavy atom. The second-order valence-electron chi connectivity index (χ2n) is 5.12. The number of pyridine rings is 1. The molecule has 3 nitrogen and oxygen atoms in total. The number of nitrogens with one attached hydrogen (secondary N) is 1. The van der Waals surface area contributed by atoms with Gasteiger partial charge in [0.25, 0.3) is 0 Å². The molecule has 112 valence electrons. The summed E-state index contributed by atoms with van der Waals surface area (Å²) in [6, 6.07) is 10.3. The van der Waals surface area contributed by atoms with Crippen LogP contribution in [0.3, 0.4) is 0 Å². The molecule has 1 unspecified atom stereocenters. The highest BCUT2D eigenvalue weighted by Gasteiger charge is 2.15. The maximum absolute atomic E-state index is 5.96. The van der Waals surface area contributed by atoms with E-state index in [4.69, 9.17) is 11.6 Å². The predicted molar refractivity (Wildman–Crippen MR) is 89.9 cm³/mol. The van der Waals surface area contributed by atoms with Gasteiger partial charge in [-0.1, -0.05) is 30.7 Å². The molecule has 1 atom stereocenters. The maximum Gasteiger partial charge on any atom is 0.0600 e. The minimum atomic E-state index is 0.256. The normalized spacial score (nSPS) is 12.2. The Morgan fingerprint density at radius 3 is 2.62 bits per heavy atom. The molecule has 0 radical (unpaired) electrons. The molecule has 0 aliphatic heterocycles. The van der Waals surface area contributed by atoms with Gasteiger partial charge in [0.2, 0.25) is 0 Å². The summed E-state index contributed by atoms with van der Waals surface area (Å²) in [5.41, 5.74) is 3.65. The van der Waals surface area contributed by atoms with Crippen molar-refractivity contribution in [3.05, 3.63) is 58.9 Å². The van der Waals surface area contributed by atoms with Gasteiger partial charge in [-0.05, 0) is 42.8 Å². The zero-order chi connectivity index (χ0) is 15.2. The first-order valence-corrected chi connectivity index (χ1v) is 7.63. The molecule has 21 heavy (non-hydrogen) atoms. The molecule has 0 aliphatic rings. The Bertz CT molecular complexity index is 569. The molecule has 1 aromatic heterocycles. The molecule has 0 spiro atoms. The summed E-state index contributed by atoms with van der Waals surface area (Å²) < 4.78 is 0. The third kappa shape index (κ3) is 3.96. The van der Waals surface area contributed by atoms with E-state index in [0.29, 0.717) is 0 Å². The molecule has 0 saturated heterocycles. The average molecular weight is 304 g/mol. The highest BCUT2D eigenvalue weighted by molar-refractivity contribution is 6.30. The van der Waals surface area contributed by atoms with Crippen LogP contribution in [-0.2, 0) is 6.54 Å². The largest absolute Gasteiger partial charge is 0.366 e. The second-order valence-corrected chi connectivity index (χ2v) is 5.56. The van der Waals surface area contributed by atoms with E-state index < -0.39 is 0 Å². The van der Waals surface area contributed by atoms with Gasteiger partial charge in [-0.3, -0.25) is 4.98 Å². The van der Waals surface area contributed by atoms with Crippen molar-refractivity contribution < 1.29 is 0 Å². The zero-order valence-electron chi connectivity index (χ0n) is 12.8. The molecule has 0 bridgehead atoms. The molecule has 0 fully saturated rings. The van der Waals surface area contributed by atoms with Crippen molar-refractivity contribution in [1.82, 2.24) is 10.3 Å². The van der Waals surface area contributed by atoms with Crippen molar-refractivity contribution in [3.63, 3.8) is 0 Å². The highest BCUT2D eigenvalue weighted by atomic mass is 35.5. The van der Waals surface area contributed by atoms with Gasteiger partial charge in [-0.25, -0.2) is 0 Å². The summed E-state index contributed by atoms with van der Waals surface area (Å²) in [6.07, 6.45) is 3.77. The lowest BCUT2D eigenvalue weighted by molar-refractivity contribution is 0.702. The third-order valence-corrected chi connectivity index (χ3v) is 4.02. The van der Waals surface area contributed by atoms with Gasteiger partial charge >= 0.3 is 0 Å². The van der Waals surface area contributed by atoms with Crippen molar-refractivity contribution in [1.29, 1.82) is 0 Å². The quantitative estimate of drug-likeness (QED) is 0.873. The Labute approximate surface area is 132 Å². The van der Waals surface area contributed by atoms with Crippen LogP contribution >= 0.6 is 11.6 Å². The fourth-order valence-electron chi connectivity index (χ4n) is 2.32. The van der Waals surface area contributed by atoms with E-state index in [-0.39, 0.29) is 6.04 Å². The van der Waals surface area contributed by atoms with Crippen LogP contribution in [0.5, 0.6) is 0 Å². The molecule has 4 heteroatoms. The Kier molecular flexibility index (Phi) is 5.59. The van der Waals surface area contributed by atoms with Crippen molar-refractivity contribution >= 4 is 17.3 Å². The fraction of sp³-hybridized carbons (Fsp3) is 0.353. The molecule has 2 rings (SSSR count). The molecule has 0 saturated carbocycles. The van der Waals surface area contributed by atoms with Crippen LogP contribution in [-0.4, -0.2) is 18.6 Å². The number of halogens is 1. The van der Waals surface area contributed by atoms with Crippen LogP contribution < -0.4 is 10.2 Å². The van der Waals surface area contributed by atoms with Crippen LogP contribution in [0.4, 0.5) is 5.69 Å². The number of benzene rings is 1. The van der Waals surface area contributed by atoms with E-state index in [1.165, 1.54) is 11.1 Å². The van der Waals surface area contributed by atoms with Crippen LogP contribution in [0, 0.1) is 0 Å². The van der Waals surface area contributed by atoms with E-state index in [2.05, 4.69) is 54.3 Å². The van der Waals surface area contributed by atoms with Gasteiger partial charge in [-0.2, -0.15) is 0 Å². The maximum atomic E-state index is 5.96. The van der Waals surface area contributed by atoms with Crippen LogP contribution in [0.25, 0.3) is 0 Å². The number of rotatable bonds is 6. The van der Waals surface area contributed by atoms with E-state index in [9.17, 15) is 0 Å². The number of nitrogens with zero attached hydrogens (tertiary/aromatic N) is 2. The SMILES string of the molecule is CCNCc1ccncc1N(C)C(C)c1ccc(Cl)cc1. The van der Waals surface area contributed by atoms with E-state index in [1.54, 1.807) is 0 Å². The van der Waals surface area contributed by atoms with Crippen molar-refractivity contribution in [3.8, 4) is 0 Å². The zero-order valence-corrected chi connectivity index (χ0v) is 13.6. The standard InChI is InChI=1S/C17H22ClN3/c1-4-19-11-15-9-10-20-12-17(15)21(3)13(2)14-5-7-16(18)8-6-14/h5-10,12-13,19H,4,11H2,1-3H3. The molecular weight excluding hydrogens is 282 g/mol. The Morgan fingerprint density at radius 2 is 1.95 bits per heavy atom. The van der Waals surface area contributed by atoms with E-state index >= 15 is 0 Å². The second kappa shape index (κ2) is 7.43. The summed E-state index contributed by atoms with van der Waals surface area (Å²) in [5.74, 6) is 0. The molecule has 0 amide bonds. The monoisotopic (exact) mass is 303 g/mol. The van der Waals surface area contributed by atoms with E-state index in [0.717, 1.165) is 23.8 Å². The first-order valence-electron chi connectivity index (χ1n) is 7.25. The summed E-state index contributed by atoms with van der Waals surface area (Å²) in [7, 11) is 2.10. The van der Waals surface area contributed by atoms with Gasteiger partial charge in [0.15, 0.2) is 0 Å². The summed E-state index contributed by atoms with van der Waals surface area (Å²) in [4.78, 5) is 6.53. The van der Waals surface area contributed by atoms with Gasteiger partial charge in [-0.15, -0.1) is 0 Å². The fourth-order valence-corrected chi connectivity index (χ4v) is 2.44. The first-order chi connectivity index (χ1) is 10.1. The van der Waals surface area contributed by atoms with Gasteiger partial charge in [0.05, 0.1) is 17.9 Å². The lowest BCUT2D eigenvalue weighted by atomic mass is 10.1. The molecule has 1 heterocycles. The van der Waals surface area contributed by atoms with Crippen LogP contribution in [0.15, 0.2) is 42.7 Å². The topological polar surface area (TPSA) is 28.2 Å². The summed E-state index contributed by atoms with van der Waals surface area (Å²) in [5, 5.41) is 4.14. The van der Waals surface area contributed by atoms with Crippen LogP contribution in [0.1, 0.15) is 31.0 Å². The van der Waals surface area contributed by atoms with E-state index in [1.807, 2.05) is 24.5 Å². The van der Waals surface area contributed by atoms with Crippen LogP contribution in [0.2, 0.25) is 5.02 Å². The molecule has 1 aromatic carbocycles. The molecule has 2 aromatic rings. The van der Waals surface area contributed by atoms with Gasteiger partial charge in [0, 0.05) is 24.8 Å². The molecule has 0 aliphatic carbocycles. The minimum absolute atomic E-state index is 0.256. The summed E-state index contributed by atoms with van der Waals surface area (Å²) >= 11 is 5.96. The number of hydrogen-bond acceptors (Lipinski definition) is 3. The average Bonchev–Trinajstić information content (AvgIpc) is 2.52. The summed E-state index contributed by atoms with van der Waals surface area (Å²) in [6.45, 7) is 6.11. The molecular formula is C17H22ClN3. The number of hydrogen-bond donors (Lipinski definition) is 1. The van der Waals surface area contributed by atoms with Crippen molar-refractivity contribution in [2.24, 2.45) is 0 Å². The lowest BCUT2D eigenvalue weighted by Gasteiger charge is -2.29. The van der Waals surface area contributed by atoms with Crippen molar-refractivity contribution in [2.75, 3.05) is 18.5 Å². The van der Waals surface area contributed by atoms with Gasteiger partial charge in [0.1, 0.15) is 0 Å². The minimum Gasteiger partial charge on any atom is -0.366 e. The first kappa shape index (κ1) is 15.8.